The lowest BCUT2D eigenvalue weighted by molar-refractivity contribution is -0.126. The van der Waals surface area contributed by atoms with Crippen molar-refractivity contribution in [1.29, 1.82) is 0 Å². The summed E-state index contributed by atoms with van der Waals surface area (Å²) in [6.45, 7) is -0.469. The molecule has 1 aliphatic rings. The van der Waals surface area contributed by atoms with Crippen LogP contribution in [0, 0.1) is 5.82 Å². The molecule has 3 amide bonds. The van der Waals surface area contributed by atoms with Crippen LogP contribution in [0.25, 0.3) is 0 Å². The van der Waals surface area contributed by atoms with E-state index in [4.69, 9.17) is 16.3 Å². The van der Waals surface area contributed by atoms with Gasteiger partial charge in [0.25, 0.3) is 11.1 Å². The molecule has 1 fully saturated rings. The molecular formula is C14H12ClFN2O5S. The number of rotatable bonds is 6. The third-order valence-corrected chi connectivity index (χ3v) is 4.15. The van der Waals surface area contributed by atoms with Gasteiger partial charge in [0.05, 0.1) is 16.3 Å². The van der Waals surface area contributed by atoms with E-state index in [9.17, 15) is 23.6 Å². The third kappa shape index (κ3) is 4.68. The Morgan fingerprint density at radius 1 is 1.38 bits per heavy atom. The molecule has 0 aliphatic carbocycles. The molecule has 128 valence electrons. The summed E-state index contributed by atoms with van der Waals surface area (Å²) in [6, 6.07) is 3.16. The fraction of sp³-hybridized carbons (Fsp3) is 0.286. The molecule has 1 saturated heterocycles. The van der Waals surface area contributed by atoms with Gasteiger partial charge in [-0.1, -0.05) is 23.4 Å². The Labute approximate surface area is 145 Å². The summed E-state index contributed by atoms with van der Waals surface area (Å²) in [5, 5.41) is 1.94. The van der Waals surface area contributed by atoms with Crippen LogP contribution in [0.5, 0.6) is 0 Å². The van der Waals surface area contributed by atoms with Crippen LogP contribution in [-0.2, 0) is 14.3 Å². The van der Waals surface area contributed by atoms with Gasteiger partial charge in [0.2, 0.25) is 5.91 Å². The van der Waals surface area contributed by atoms with Gasteiger partial charge in [-0.25, -0.2) is 9.18 Å². The Hall–Kier alpha value is -2.13. The molecule has 0 radical (unpaired) electrons. The standard InChI is InChI=1S/C14H12ClFN2O5S/c15-10-5-8(16)1-2-9(10)13(21)23-6-11(19)17-3-4-18-12(20)7-24-14(18)22/h1-2,5H,3-4,6-7H2,(H,17,19). The topological polar surface area (TPSA) is 92.8 Å². The molecule has 0 saturated carbocycles. The van der Waals surface area contributed by atoms with Gasteiger partial charge in [0.1, 0.15) is 5.82 Å². The van der Waals surface area contributed by atoms with Gasteiger partial charge in [-0.05, 0) is 18.2 Å². The maximum atomic E-state index is 12.9. The van der Waals surface area contributed by atoms with E-state index in [1.165, 1.54) is 0 Å². The number of thioether (sulfide) groups is 1. The molecule has 0 spiro atoms. The molecular weight excluding hydrogens is 363 g/mol. The van der Waals surface area contributed by atoms with Crippen molar-refractivity contribution in [1.82, 2.24) is 10.2 Å². The van der Waals surface area contributed by atoms with Gasteiger partial charge in [0.15, 0.2) is 6.61 Å². The number of nitrogens with one attached hydrogen (secondary N) is 1. The number of imide groups is 1. The lowest BCUT2D eigenvalue weighted by Crippen LogP contribution is -2.38. The smallest absolute Gasteiger partial charge is 0.340 e. The number of esters is 1. The second-order valence-corrected chi connectivity index (χ2v) is 5.98. The second kappa shape index (κ2) is 8.11. The molecule has 1 heterocycles. The maximum absolute atomic E-state index is 12.9. The first-order valence-electron chi connectivity index (χ1n) is 6.74. The van der Waals surface area contributed by atoms with E-state index in [0.717, 1.165) is 34.9 Å². The maximum Gasteiger partial charge on any atom is 0.340 e. The summed E-state index contributed by atoms with van der Waals surface area (Å²) in [5.41, 5.74) is -0.0591. The molecule has 7 nitrogen and oxygen atoms in total. The van der Waals surface area contributed by atoms with Crippen molar-refractivity contribution in [3.63, 3.8) is 0 Å². The van der Waals surface area contributed by atoms with Crippen LogP contribution in [0.15, 0.2) is 18.2 Å². The minimum absolute atomic E-state index is 0.0473. The van der Waals surface area contributed by atoms with Crippen molar-refractivity contribution in [2.45, 2.75) is 0 Å². The van der Waals surface area contributed by atoms with Crippen molar-refractivity contribution in [3.05, 3.63) is 34.6 Å². The lowest BCUT2D eigenvalue weighted by Gasteiger charge is -2.13. The van der Waals surface area contributed by atoms with Crippen molar-refractivity contribution >= 4 is 46.4 Å². The number of benzene rings is 1. The third-order valence-electron chi connectivity index (χ3n) is 2.98. The van der Waals surface area contributed by atoms with E-state index in [2.05, 4.69) is 5.32 Å². The molecule has 0 unspecified atom stereocenters. The molecule has 24 heavy (non-hydrogen) atoms. The van der Waals surface area contributed by atoms with Crippen LogP contribution in [0.2, 0.25) is 5.02 Å². The Morgan fingerprint density at radius 3 is 2.75 bits per heavy atom. The second-order valence-electron chi connectivity index (χ2n) is 4.65. The summed E-state index contributed by atoms with van der Waals surface area (Å²) in [5.74, 6) is -2.28. The number of amides is 3. The molecule has 0 atom stereocenters. The Kier molecular flexibility index (Phi) is 6.16. The fourth-order valence-electron chi connectivity index (χ4n) is 1.82. The average Bonchev–Trinajstić information content (AvgIpc) is 2.84. The highest BCUT2D eigenvalue weighted by molar-refractivity contribution is 8.14. The number of hydrogen-bond donors (Lipinski definition) is 1. The van der Waals surface area contributed by atoms with Crippen molar-refractivity contribution in [2.24, 2.45) is 0 Å². The van der Waals surface area contributed by atoms with E-state index < -0.39 is 24.3 Å². The summed E-state index contributed by atoms with van der Waals surface area (Å²) in [6.07, 6.45) is 0. The summed E-state index contributed by atoms with van der Waals surface area (Å²) < 4.78 is 17.7. The van der Waals surface area contributed by atoms with Crippen LogP contribution >= 0.6 is 23.4 Å². The van der Waals surface area contributed by atoms with Crippen LogP contribution in [0.3, 0.4) is 0 Å². The monoisotopic (exact) mass is 374 g/mol. The lowest BCUT2D eigenvalue weighted by atomic mass is 10.2. The SMILES string of the molecule is O=C(COC(=O)c1ccc(F)cc1Cl)NCCN1C(=O)CSC1=O. The van der Waals surface area contributed by atoms with E-state index in [0.29, 0.717) is 0 Å². The van der Waals surface area contributed by atoms with Crippen LogP contribution in [0.4, 0.5) is 9.18 Å². The quantitative estimate of drug-likeness (QED) is 0.757. The predicted octanol–water partition coefficient (Wildman–Crippen LogP) is 1.45. The summed E-state index contributed by atoms with van der Waals surface area (Å²) in [7, 11) is 0. The summed E-state index contributed by atoms with van der Waals surface area (Å²) in [4.78, 5) is 47.0. The summed E-state index contributed by atoms with van der Waals surface area (Å²) >= 11 is 6.61. The highest BCUT2D eigenvalue weighted by Crippen LogP contribution is 2.18. The molecule has 0 aromatic heterocycles. The number of halogens is 2. The van der Waals surface area contributed by atoms with Gasteiger partial charge >= 0.3 is 5.97 Å². The molecule has 1 N–H and O–H groups in total. The van der Waals surface area contributed by atoms with Crippen molar-refractivity contribution in [3.8, 4) is 0 Å². The van der Waals surface area contributed by atoms with Gasteiger partial charge in [0, 0.05) is 13.1 Å². The number of ether oxygens (including phenoxy) is 1. The Balaban J connectivity index is 1.74. The van der Waals surface area contributed by atoms with E-state index in [1.54, 1.807) is 0 Å². The zero-order valence-electron chi connectivity index (χ0n) is 12.2. The number of carbonyl (C=O) groups excluding carboxylic acids is 4. The normalized spacial score (nSPS) is 14.0. The van der Waals surface area contributed by atoms with E-state index in [1.807, 2.05) is 0 Å². The van der Waals surface area contributed by atoms with Gasteiger partial charge in [-0.3, -0.25) is 19.3 Å². The Morgan fingerprint density at radius 2 is 2.12 bits per heavy atom. The first-order chi connectivity index (χ1) is 11.4. The molecule has 2 rings (SSSR count). The van der Waals surface area contributed by atoms with Crippen molar-refractivity contribution < 1.29 is 28.3 Å². The highest BCUT2D eigenvalue weighted by atomic mass is 35.5. The largest absolute Gasteiger partial charge is 0.452 e. The van der Waals surface area contributed by atoms with Crippen LogP contribution in [-0.4, -0.2) is 53.4 Å². The van der Waals surface area contributed by atoms with Crippen molar-refractivity contribution in [2.75, 3.05) is 25.4 Å². The van der Waals surface area contributed by atoms with Crippen LogP contribution in [0.1, 0.15) is 10.4 Å². The average molecular weight is 375 g/mol. The van der Waals surface area contributed by atoms with Crippen LogP contribution < -0.4 is 5.32 Å². The van der Waals surface area contributed by atoms with E-state index in [-0.39, 0.29) is 40.6 Å². The zero-order valence-corrected chi connectivity index (χ0v) is 13.8. The minimum atomic E-state index is -0.864. The molecule has 1 aromatic carbocycles. The highest BCUT2D eigenvalue weighted by Gasteiger charge is 2.29. The zero-order chi connectivity index (χ0) is 17.7. The van der Waals surface area contributed by atoms with Gasteiger partial charge < -0.3 is 10.1 Å². The first-order valence-corrected chi connectivity index (χ1v) is 8.11. The molecule has 0 bridgehead atoms. The first kappa shape index (κ1) is 18.2. The van der Waals surface area contributed by atoms with Gasteiger partial charge in [-0.15, -0.1) is 0 Å². The molecule has 10 heteroatoms. The molecule has 1 aliphatic heterocycles. The Bertz CT molecular complexity index is 684. The minimum Gasteiger partial charge on any atom is -0.452 e. The number of carbonyl (C=O) groups is 4. The number of nitrogens with zero attached hydrogens (tertiary/aromatic N) is 1. The number of hydrogen-bond acceptors (Lipinski definition) is 6. The fourth-order valence-corrected chi connectivity index (χ4v) is 2.82. The van der Waals surface area contributed by atoms with Gasteiger partial charge in [-0.2, -0.15) is 0 Å². The van der Waals surface area contributed by atoms with E-state index >= 15 is 0 Å². The predicted molar refractivity (Wildman–Crippen MR) is 84.3 cm³/mol. The molecule has 1 aromatic rings.